The van der Waals surface area contributed by atoms with Crippen LogP contribution in [0, 0.1) is 17.8 Å². The fraction of sp³-hybridized carbons (Fsp3) is 0.600. The van der Waals surface area contributed by atoms with Crippen molar-refractivity contribution in [1.29, 1.82) is 0 Å². The Morgan fingerprint density at radius 2 is 2.20 bits per heavy atom. The molecule has 0 bridgehead atoms. The molecule has 0 N–H and O–H groups in total. The van der Waals surface area contributed by atoms with Crippen molar-refractivity contribution < 1.29 is 0 Å². The minimum atomic E-state index is 0.667. The van der Waals surface area contributed by atoms with Crippen molar-refractivity contribution in [2.24, 2.45) is 5.92 Å². The van der Waals surface area contributed by atoms with Gasteiger partial charge in [0.1, 0.15) is 0 Å². The molecule has 0 rings (SSSR count). The Bertz CT molecular complexity index is 164. The van der Waals surface area contributed by atoms with E-state index in [9.17, 15) is 0 Å². The zero-order valence-electron chi connectivity index (χ0n) is 7.36. The molecule has 0 aromatic rings. The summed E-state index contributed by atoms with van der Waals surface area (Å²) in [7, 11) is 0. The first-order valence-corrected chi connectivity index (χ1v) is 3.81. The van der Waals surface area contributed by atoms with Crippen molar-refractivity contribution in [2.75, 3.05) is 0 Å². The van der Waals surface area contributed by atoms with Gasteiger partial charge in [-0.15, -0.1) is 5.92 Å². The van der Waals surface area contributed by atoms with Crippen LogP contribution in [0.1, 0.15) is 34.1 Å². The van der Waals surface area contributed by atoms with Crippen molar-refractivity contribution in [3.8, 4) is 11.8 Å². The van der Waals surface area contributed by atoms with E-state index in [4.69, 9.17) is 0 Å². The first kappa shape index (κ1) is 9.30. The lowest BCUT2D eigenvalue weighted by Crippen LogP contribution is -1.85. The highest BCUT2D eigenvalue weighted by molar-refractivity contribution is 5.25. The molecule has 0 aromatic heterocycles. The summed E-state index contributed by atoms with van der Waals surface area (Å²) in [5.41, 5.74) is 1.19. The number of rotatable bonds is 2. The Hall–Kier alpha value is -0.700. The third kappa shape index (κ3) is 4.21. The third-order valence-electron chi connectivity index (χ3n) is 1.50. The van der Waals surface area contributed by atoms with Gasteiger partial charge in [-0.1, -0.05) is 32.3 Å². The normalized spacial score (nSPS) is 13.8. The molecule has 0 saturated heterocycles. The molecule has 0 nitrogen and oxygen atoms in total. The summed E-state index contributed by atoms with van der Waals surface area (Å²) in [5.74, 6) is 6.57. The van der Waals surface area contributed by atoms with Crippen LogP contribution in [-0.2, 0) is 0 Å². The molecule has 0 unspecified atom stereocenters. The van der Waals surface area contributed by atoms with Crippen molar-refractivity contribution in [3.63, 3.8) is 0 Å². The molecule has 0 radical (unpaired) electrons. The number of hydrogen-bond acceptors (Lipinski definition) is 0. The minimum Gasteiger partial charge on any atom is -0.102 e. The molecule has 0 aromatic carbocycles. The molecule has 0 heteroatoms. The second-order valence-corrected chi connectivity index (χ2v) is 2.61. The Morgan fingerprint density at radius 1 is 1.60 bits per heavy atom. The predicted octanol–water partition coefficient (Wildman–Crippen LogP) is 3.00. The van der Waals surface area contributed by atoms with E-state index in [-0.39, 0.29) is 0 Å². The topological polar surface area (TPSA) is 0 Å². The number of allylic oxidation sites excluding steroid dienone is 2. The molecule has 0 aliphatic carbocycles. The van der Waals surface area contributed by atoms with Gasteiger partial charge < -0.3 is 0 Å². The van der Waals surface area contributed by atoms with Crippen molar-refractivity contribution in [1.82, 2.24) is 0 Å². The van der Waals surface area contributed by atoms with Gasteiger partial charge >= 0.3 is 0 Å². The molecular formula is C10H16. The molecular weight excluding hydrogens is 120 g/mol. The van der Waals surface area contributed by atoms with E-state index >= 15 is 0 Å². The van der Waals surface area contributed by atoms with E-state index in [1.165, 1.54) is 12.0 Å². The largest absolute Gasteiger partial charge is 0.102 e. The van der Waals surface area contributed by atoms with Crippen molar-refractivity contribution >= 4 is 0 Å². The molecule has 0 saturated carbocycles. The summed E-state index contributed by atoms with van der Waals surface area (Å²) in [4.78, 5) is 0. The van der Waals surface area contributed by atoms with Crippen LogP contribution in [0.4, 0.5) is 0 Å². The monoisotopic (exact) mass is 136 g/mol. The molecule has 0 heterocycles. The van der Waals surface area contributed by atoms with Gasteiger partial charge in [0, 0.05) is 0 Å². The number of hydrogen-bond donors (Lipinski definition) is 0. The van der Waals surface area contributed by atoms with Crippen LogP contribution in [0.3, 0.4) is 0 Å². The van der Waals surface area contributed by atoms with Gasteiger partial charge in [0.25, 0.3) is 0 Å². The quantitative estimate of drug-likeness (QED) is 0.512. The molecule has 10 heavy (non-hydrogen) atoms. The summed E-state index contributed by atoms with van der Waals surface area (Å²) in [6.45, 7) is 8.32. The second-order valence-electron chi connectivity index (χ2n) is 2.61. The van der Waals surface area contributed by atoms with Crippen LogP contribution in [0.2, 0.25) is 0 Å². The van der Waals surface area contributed by atoms with Crippen LogP contribution >= 0.6 is 0 Å². The Kier molecular flexibility index (Phi) is 4.76. The van der Waals surface area contributed by atoms with Crippen LogP contribution in [-0.4, -0.2) is 0 Å². The fourth-order valence-electron chi connectivity index (χ4n) is 0.783. The van der Waals surface area contributed by atoms with E-state index in [2.05, 4.69) is 38.7 Å². The van der Waals surface area contributed by atoms with Gasteiger partial charge in [-0.05, 0) is 25.3 Å². The summed E-state index contributed by atoms with van der Waals surface area (Å²) in [6.07, 6.45) is 3.42. The zero-order chi connectivity index (χ0) is 7.98. The standard InChI is InChI=1S/C10H16/c1-5-7-10(4)8-9(3)6-2/h8-9H,6H2,1-4H3/b10-8-/t9-/m0/s1. The van der Waals surface area contributed by atoms with Gasteiger partial charge in [0.2, 0.25) is 0 Å². The predicted molar refractivity (Wildman–Crippen MR) is 46.7 cm³/mol. The first-order chi connectivity index (χ1) is 4.70. The van der Waals surface area contributed by atoms with Crippen molar-refractivity contribution in [2.45, 2.75) is 34.1 Å². The smallest absolute Gasteiger partial charge is 0.00234 e. The third-order valence-corrected chi connectivity index (χ3v) is 1.50. The van der Waals surface area contributed by atoms with Crippen LogP contribution in [0.5, 0.6) is 0 Å². The fourth-order valence-corrected chi connectivity index (χ4v) is 0.783. The van der Waals surface area contributed by atoms with E-state index in [0.717, 1.165) is 0 Å². The lowest BCUT2D eigenvalue weighted by atomic mass is 10.1. The van der Waals surface area contributed by atoms with Gasteiger partial charge in [-0.25, -0.2) is 0 Å². The summed E-state index contributed by atoms with van der Waals surface area (Å²) >= 11 is 0. The molecule has 0 amide bonds. The highest BCUT2D eigenvalue weighted by Crippen LogP contribution is 2.05. The Morgan fingerprint density at radius 3 is 2.60 bits per heavy atom. The van der Waals surface area contributed by atoms with E-state index in [1.807, 2.05) is 6.92 Å². The molecule has 0 aliphatic rings. The maximum absolute atomic E-state index is 3.02. The van der Waals surface area contributed by atoms with Gasteiger partial charge in [-0.2, -0.15) is 0 Å². The summed E-state index contributed by atoms with van der Waals surface area (Å²) in [5, 5.41) is 0. The van der Waals surface area contributed by atoms with Crippen LogP contribution < -0.4 is 0 Å². The van der Waals surface area contributed by atoms with E-state index in [1.54, 1.807) is 0 Å². The van der Waals surface area contributed by atoms with Gasteiger partial charge in [0.05, 0.1) is 0 Å². The summed E-state index contributed by atoms with van der Waals surface area (Å²) in [6, 6.07) is 0. The lowest BCUT2D eigenvalue weighted by molar-refractivity contribution is 0.695. The SMILES string of the molecule is CC#C/C(C)=C\[C@@H](C)CC. The average Bonchev–Trinajstić information content (AvgIpc) is 1.88. The average molecular weight is 136 g/mol. The molecule has 0 fully saturated rings. The first-order valence-electron chi connectivity index (χ1n) is 3.81. The molecule has 1 atom stereocenters. The van der Waals surface area contributed by atoms with Gasteiger partial charge in [0.15, 0.2) is 0 Å². The maximum atomic E-state index is 3.02. The van der Waals surface area contributed by atoms with Crippen molar-refractivity contribution in [3.05, 3.63) is 11.6 Å². The molecule has 0 spiro atoms. The maximum Gasteiger partial charge on any atom is -0.00234 e. The highest BCUT2D eigenvalue weighted by atomic mass is 14.0. The minimum absolute atomic E-state index is 0.667. The Balaban J connectivity index is 3.97. The van der Waals surface area contributed by atoms with E-state index in [0.29, 0.717) is 5.92 Å². The van der Waals surface area contributed by atoms with Gasteiger partial charge in [-0.3, -0.25) is 0 Å². The van der Waals surface area contributed by atoms with E-state index < -0.39 is 0 Å². The van der Waals surface area contributed by atoms with Crippen LogP contribution in [0.15, 0.2) is 11.6 Å². The second kappa shape index (κ2) is 5.11. The van der Waals surface area contributed by atoms with Crippen LogP contribution in [0.25, 0.3) is 0 Å². The molecule has 0 aliphatic heterocycles. The Labute approximate surface area is 64.3 Å². The zero-order valence-corrected chi connectivity index (χ0v) is 7.36. The lowest BCUT2D eigenvalue weighted by Gasteiger charge is -1.99. The molecule has 56 valence electrons. The summed E-state index contributed by atoms with van der Waals surface area (Å²) < 4.78 is 0. The highest BCUT2D eigenvalue weighted by Gasteiger charge is 1.91.